The second kappa shape index (κ2) is 7.01. The molecule has 0 unspecified atom stereocenters. The number of carbonyl (C=O) groups excluding carboxylic acids is 1. The molecule has 0 aromatic heterocycles. The van der Waals surface area contributed by atoms with Crippen molar-refractivity contribution in [2.24, 2.45) is 5.92 Å². The van der Waals surface area contributed by atoms with Gasteiger partial charge in [-0.15, -0.1) is 0 Å². The molecule has 0 spiro atoms. The van der Waals surface area contributed by atoms with Crippen LogP contribution < -0.4 is 5.32 Å². The van der Waals surface area contributed by atoms with Crippen LogP contribution in [0, 0.1) is 5.92 Å². The summed E-state index contributed by atoms with van der Waals surface area (Å²) >= 11 is 6.10. The third-order valence-electron chi connectivity index (χ3n) is 4.55. The molecule has 1 aliphatic rings. The van der Waals surface area contributed by atoms with Crippen LogP contribution in [0.3, 0.4) is 0 Å². The molecule has 1 aromatic rings. The summed E-state index contributed by atoms with van der Waals surface area (Å²) in [6, 6.07) is 5.94. The molecule has 2 rings (SSSR count). The first kappa shape index (κ1) is 17.3. The molecule has 0 saturated carbocycles. The molecule has 1 aliphatic heterocycles. The Labute approximate surface area is 139 Å². The zero-order chi connectivity index (χ0) is 16.3. The summed E-state index contributed by atoms with van der Waals surface area (Å²) in [7, 11) is 2.08. The Kier molecular flexibility index (Phi) is 5.51. The van der Waals surface area contributed by atoms with E-state index in [1.807, 2.05) is 18.2 Å². The Balaban J connectivity index is 2.14. The molecule has 122 valence electrons. The number of aryl methyl sites for hydroxylation is 1. The smallest absolute Gasteiger partial charge is 0.225 e. The van der Waals surface area contributed by atoms with Crippen LogP contribution in [0.2, 0.25) is 5.02 Å². The largest absolute Gasteiger partial charge is 0.347 e. The first-order chi connectivity index (χ1) is 10.3. The van der Waals surface area contributed by atoms with Gasteiger partial charge < -0.3 is 10.2 Å². The van der Waals surface area contributed by atoms with E-state index in [4.69, 9.17) is 11.6 Å². The van der Waals surface area contributed by atoms with Gasteiger partial charge in [-0.3, -0.25) is 4.79 Å². The van der Waals surface area contributed by atoms with E-state index in [-0.39, 0.29) is 17.4 Å². The van der Waals surface area contributed by atoms with Crippen LogP contribution >= 0.6 is 11.6 Å². The van der Waals surface area contributed by atoms with Gasteiger partial charge in [0.1, 0.15) is 0 Å². The summed E-state index contributed by atoms with van der Waals surface area (Å²) in [4.78, 5) is 14.9. The maximum Gasteiger partial charge on any atom is 0.225 e. The normalized spacial score (nSPS) is 20.0. The molecule has 1 heterocycles. The zero-order valence-corrected chi connectivity index (χ0v) is 14.8. The van der Waals surface area contributed by atoms with E-state index in [1.165, 1.54) is 5.56 Å². The summed E-state index contributed by atoms with van der Waals surface area (Å²) in [6.07, 6.45) is 2.98. The minimum Gasteiger partial charge on any atom is -0.347 e. The van der Waals surface area contributed by atoms with Gasteiger partial charge in [-0.05, 0) is 70.0 Å². The first-order valence-corrected chi connectivity index (χ1v) is 8.50. The number of nitrogens with zero attached hydrogens (tertiary/aromatic N) is 1. The van der Waals surface area contributed by atoms with Gasteiger partial charge >= 0.3 is 0 Å². The van der Waals surface area contributed by atoms with Crippen molar-refractivity contribution in [3.8, 4) is 0 Å². The first-order valence-electron chi connectivity index (χ1n) is 8.13. The summed E-state index contributed by atoms with van der Waals surface area (Å²) in [5.41, 5.74) is 1.96. The number of hydrogen-bond donors (Lipinski definition) is 1. The van der Waals surface area contributed by atoms with E-state index in [9.17, 15) is 4.79 Å². The summed E-state index contributed by atoms with van der Waals surface area (Å²) < 4.78 is 0. The molecule has 0 radical (unpaired) electrons. The highest BCUT2D eigenvalue weighted by atomic mass is 35.5. The number of carbonyl (C=O) groups is 1. The number of nitrogens with one attached hydrogen (secondary N) is 1. The molecule has 4 heteroatoms. The van der Waals surface area contributed by atoms with Gasteiger partial charge in [0.2, 0.25) is 5.91 Å². The van der Waals surface area contributed by atoms with Gasteiger partial charge in [-0.25, -0.2) is 0 Å². The molecule has 1 saturated heterocycles. The fraction of sp³-hybridized carbons (Fsp3) is 0.611. The molecule has 0 bridgehead atoms. The van der Waals surface area contributed by atoms with Crippen molar-refractivity contribution >= 4 is 17.5 Å². The molecular formula is C18H27ClN2O. The lowest BCUT2D eigenvalue weighted by Gasteiger charge is -2.34. The Morgan fingerprint density at radius 1 is 1.45 bits per heavy atom. The summed E-state index contributed by atoms with van der Waals surface area (Å²) in [6.45, 7) is 8.19. The molecule has 1 fully saturated rings. The highest BCUT2D eigenvalue weighted by molar-refractivity contribution is 6.30. The van der Waals surface area contributed by atoms with Gasteiger partial charge in [0.25, 0.3) is 0 Å². The quantitative estimate of drug-likeness (QED) is 0.918. The Morgan fingerprint density at radius 3 is 2.82 bits per heavy atom. The lowest BCUT2D eigenvalue weighted by Crippen LogP contribution is -2.48. The van der Waals surface area contributed by atoms with Crippen LogP contribution in [0.1, 0.15) is 44.7 Å². The molecule has 0 aliphatic carbocycles. The van der Waals surface area contributed by atoms with E-state index in [2.05, 4.69) is 38.0 Å². The summed E-state index contributed by atoms with van der Waals surface area (Å²) in [5, 5.41) is 4.00. The predicted octanol–water partition coefficient (Wildman–Crippen LogP) is 3.60. The van der Waals surface area contributed by atoms with Crippen molar-refractivity contribution in [2.45, 2.75) is 45.6 Å². The lowest BCUT2D eigenvalue weighted by molar-refractivity contribution is -0.128. The summed E-state index contributed by atoms with van der Waals surface area (Å²) in [5.74, 6) is 0.254. The van der Waals surface area contributed by atoms with Gasteiger partial charge in [-0.2, -0.15) is 0 Å². The van der Waals surface area contributed by atoms with Crippen molar-refractivity contribution in [2.75, 3.05) is 20.1 Å². The number of rotatable bonds is 4. The number of halogens is 1. The SMILES string of the molecule is CCc1cc(Cl)ccc1C(C)(C)NC(=O)[C@H]1CCCN(C)C1. The van der Waals surface area contributed by atoms with Crippen molar-refractivity contribution in [3.05, 3.63) is 34.3 Å². The average Bonchev–Trinajstić information content (AvgIpc) is 2.46. The Hall–Kier alpha value is -1.06. The van der Waals surface area contributed by atoms with E-state index in [0.717, 1.165) is 42.9 Å². The van der Waals surface area contributed by atoms with E-state index in [0.29, 0.717) is 0 Å². The molecule has 3 nitrogen and oxygen atoms in total. The third kappa shape index (κ3) is 4.02. The van der Waals surface area contributed by atoms with Gasteiger partial charge in [0.05, 0.1) is 11.5 Å². The third-order valence-corrected chi connectivity index (χ3v) is 4.79. The van der Waals surface area contributed by atoms with Crippen molar-refractivity contribution in [3.63, 3.8) is 0 Å². The molecule has 1 amide bonds. The van der Waals surface area contributed by atoms with Crippen LogP contribution in [-0.2, 0) is 16.8 Å². The van der Waals surface area contributed by atoms with Crippen molar-refractivity contribution in [1.29, 1.82) is 0 Å². The topological polar surface area (TPSA) is 32.3 Å². The molecule has 1 atom stereocenters. The molecule has 1 aromatic carbocycles. The van der Waals surface area contributed by atoms with E-state index >= 15 is 0 Å². The molecular weight excluding hydrogens is 296 g/mol. The highest BCUT2D eigenvalue weighted by Gasteiger charge is 2.30. The van der Waals surface area contributed by atoms with Gasteiger partial charge in [0, 0.05) is 11.6 Å². The second-order valence-corrected chi connectivity index (χ2v) is 7.31. The Bertz CT molecular complexity index is 542. The number of piperidine rings is 1. The predicted molar refractivity (Wildman–Crippen MR) is 92.2 cm³/mol. The van der Waals surface area contributed by atoms with Gasteiger partial charge in [-0.1, -0.05) is 24.6 Å². The number of amides is 1. The average molecular weight is 323 g/mol. The van der Waals surface area contributed by atoms with Crippen LogP contribution in [0.25, 0.3) is 0 Å². The number of hydrogen-bond acceptors (Lipinski definition) is 2. The number of likely N-dealkylation sites (tertiary alicyclic amines) is 1. The van der Waals surface area contributed by atoms with Gasteiger partial charge in [0.15, 0.2) is 0 Å². The van der Waals surface area contributed by atoms with Crippen LogP contribution in [-0.4, -0.2) is 30.9 Å². The Morgan fingerprint density at radius 2 is 2.18 bits per heavy atom. The van der Waals surface area contributed by atoms with E-state index in [1.54, 1.807) is 0 Å². The van der Waals surface area contributed by atoms with Crippen molar-refractivity contribution < 1.29 is 4.79 Å². The van der Waals surface area contributed by atoms with Crippen LogP contribution in [0.15, 0.2) is 18.2 Å². The van der Waals surface area contributed by atoms with Crippen LogP contribution in [0.5, 0.6) is 0 Å². The fourth-order valence-corrected chi connectivity index (χ4v) is 3.52. The standard InChI is InChI=1S/C18H27ClN2O/c1-5-13-11-15(19)8-9-16(13)18(2,3)20-17(22)14-7-6-10-21(4)12-14/h8-9,11,14H,5-7,10,12H2,1-4H3,(H,20,22)/t14-/m0/s1. The maximum atomic E-state index is 12.6. The maximum absolute atomic E-state index is 12.6. The van der Waals surface area contributed by atoms with Crippen molar-refractivity contribution in [1.82, 2.24) is 10.2 Å². The highest BCUT2D eigenvalue weighted by Crippen LogP contribution is 2.28. The molecule has 1 N–H and O–H groups in total. The van der Waals surface area contributed by atoms with E-state index < -0.39 is 0 Å². The minimum absolute atomic E-state index is 0.0930. The van der Waals surface area contributed by atoms with Crippen LogP contribution in [0.4, 0.5) is 0 Å². The minimum atomic E-state index is -0.386. The lowest BCUT2D eigenvalue weighted by atomic mass is 9.87. The second-order valence-electron chi connectivity index (χ2n) is 6.87. The number of benzene rings is 1. The monoisotopic (exact) mass is 322 g/mol. The molecule has 22 heavy (non-hydrogen) atoms. The fourth-order valence-electron chi connectivity index (χ4n) is 3.32. The zero-order valence-electron chi connectivity index (χ0n) is 14.1.